The van der Waals surface area contributed by atoms with Crippen molar-refractivity contribution in [3.05, 3.63) is 4.88 Å². The Bertz CT molecular complexity index is 515. The third kappa shape index (κ3) is 4.16. The highest BCUT2D eigenvalue weighted by Crippen LogP contribution is 2.44. The van der Waals surface area contributed by atoms with Gasteiger partial charge in [-0.2, -0.15) is 13.2 Å². The molecule has 5 nitrogen and oxygen atoms in total. The second kappa shape index (κ2) is 6.42. The quantitative estimate of drug-likeness (QED) is 0.903. The molecule has 9 heteroatoms. The van der Waals surface area contributed by atoms with Gasteiger partial charge in [0.1, 0.15) is 15.6 Å². The van der Waals surface area contributed by atoms with Gasteiger partial charge < -0.3 is 20.3 Å². The predicted octanol–water partition coefficient (Wildman–Crippen LogP) is 2.43. The molecule has 0 bridgehead atoms. The van der Waals surface area contributed by atoms with Crippen molar-refractivity contribution in [2.24, 2.45) is 0 Å². The van der Waals surface area contributed by atoms with Crippen molar-refractivity contribution < 1.29 is 22.7 Å². The molecule has 0 radical (unpaired) electrons. The van der Waals surface area contributed by atoms with Gasteiger partial charge in [-0.25, -0.2) is 0 Å². The van der Waals surface area contributed by atoms with Gasteiger partial charge in [-0.3, -0.25) is 4.79 Å². The highest BCUT2D eigenvalue weighted by Gasteiger charge is 2.29. The maximum Gasteiger partial charge on any atom is 0.390 e. The second-order valence-corrected chi connectivity index (χ2v) is 5.67. The first-order chi connectivity index (χ1) is 9.58. The average Bonchev–Trinajstić information content (AvgIpc) is 2.71. The highest BCUT2D eigenvalue weighted by atomic mass is 32.1. The summed E-state index contributed by atoms with van der Waals surface area (Å²) < 4.78 is 42.0. The number of methoxy groups -OCH3 is 1. The van der Waals surface area contributed by atoms with Gasteiger partial charge in [-0.15, -0.1) is 11.3 Å². The number of halogens is 3. The molecule has 21 heavy (non-hydrogen) atoms. The van der Waals surface area contributed by atoms with Crippen molar-refractivity contribution in [2.45, 2.75) is 12.6 Å². The summed E-state index contributed by atoms with van der Waals surface area (Å²) in [5, 5.41) is 0.407. The van der Waals surface area contributed by atoms with Crippen LogP contribution in [0.1, 0.15) is 16.1 Å². The largest absolute Gasteiger partial charge is 0.492 e. The molecule has 0 aliphatic rings. The third-order valence-corrected chi connectivity index (χ3v) is 4.05. The molecule has 0 saturated heterocycles. The predicted molar refractivity (Wildman–Crippen MR) is 77.2 cm³/mol. The van der Waals surface area contributed by atoms with Crippen molar-refractivity contribution in [1.82, 2.24) is 4.90 Å². The first-order valence-electron chi connectivity index (χ1n) is 6.04. The minimum absolute atomic E-state index is 0.148. The number of alkyl halides is 3. The number of amides is 1. The number of thiophene rings is 1. The number of hydrogen-bond acceptors (Lipinski definition) is 5. The van der Waals surface area contributed by atoms with Gasteiger partial charge >= 0.3 is 6.18 Å². The fraction of sp³-hybridized carbons (Fsp3) is 0.583. The Labute approximate surface area is 125 Å². The van der Waals surface area contributed by atoms with Crippen LogP contribution in [0.5, 0.6) is 5.75 Å². The fourth-order valence-electron chi connectivity index (χ4n) is 1.62. The average molecular weight is 325 g/mol. The minimum atomic E-state index is -4.24. The lowest BCUT2D eigenvalue weighted by Crippen LogP contribution is -2.23. The first kappa shape index (κ1) is 17.4. The Balaban J connectivity index is 3.07. The zero-order valence-electron chi connectivity index (χ0n) is 12.2. The lowest BCUT2D eigenvalue weighted by atomic mass is 10.3. The fourth-order valence-corrected chi connectivity index (χ4v) is 2.82. The van der Waals surface area contributed by atoms with Crippen LogP contribution in [-0.4, -0.2) is 51.8 Å². The summed E-state index contributed by atoms with van der Waals surface area (Å²) in [6, 6.07) is 0. The SMILES string of the molecule is COc1c(N(C)CCC(F)(F)F)sc(C(=O)N(C)C)c1N. The van der Waals surface area contributed by atoms with E-state index in [1.54, 1.807) is 14.1 Å². The Morgan fingerprint density at radius 3 is 2.33 bits per heavy atom. The van der Waals surface area contributed by atoms with Crippen LogP contribution in [0.2, 0.25) is 0 Å². The van der Waals surface area contributed by atoms with Crippen LogP contribution in [-0.2, 0) is 0 Å². The summed E-state index contributed by atoms with van der Waals surface area (Å²) in [5.41, 5.74) is 6.01. The van der Waals surface area contributed by atoms with Crippen LogP contribution in [0.25, 0.3) is 0 Å². The standard InChI is InChI=1S/C12H18F3N3O2S/c1-17(2)10(19)9-7(16)8(20-4)11(21-9)18(3)6-5-12(13,14)15/h5-6,16H2,1-4H3. The second-order valence-electron chi connectivity index (χ2n) is 4.67. The molecule has 1 aromatic rings. The smallest absolute Gasteiger partial charge is 0.390 e. The normalized spacial score (nSPS) is 11.4. The number of nitrogen functional groups attached to an aromatic ring is 1. The molecule has 0 fully saturated rings. The van der Waals surface area contributed by atoms with Gasteiger partial charge in [0.25, 0.3) is 5.91 Å². The van der Waals surface area contributed by atoms with E-state index in [9.17, 15) is 18.0 Å². The van der Waals surface area contributed by atoms with E-state index in [0.29, 0.717) is 5.00 Å². The van der Waals surface area contributed by atoms with Crippen molar-refractivity contribution in [3.8, 4) is 5.75 Å². The zero-order valence-corrected chi connectivity index (χ0v) is 13.1. The lowest BCUT2D eigenvalue weighted by molar-refractivity contribution is -0.132. The Hall–Kier alpha value is -1.64. The van der Waals surface area contributed by atoms with Crippen LogP contribution in [0, 0.1) is 0 Å². The number of carbonyl (C=O) groups is 1. The van der Waals surface area contributed by atoms with Gasteiger partial charge in [0.2, 0.25) is 0 Å². The Kier molecular flexibility index (Phi) is 5.32. The monoisotopic (exact) mass is 325 g/mol. The van der Waals surface area contributed by atoms with Gasteiger partial charge in [0, 0.05) is 27.7 Å². The van der Waals surface area contributed by atoms with E-state index in [4.69, 9.17) is 10.5 Å². The first-order valence-corrected chi connectivity index (χ1v) is 6.86. The number of nitrogens with two attached hydrogens (primary N) is 1. The molecule has 0 unspecified atom stereocenters. The number of rotatable bonds is 5. The maximum absolute atomic E-state index is 12.3. The molecule has 0 aliphatic carbocycles. The molecule has 0 atom stereocenters. The number of hydrogen-bond donors (Lipinski definition) is 1. The molecule has 0 aliphatic heterocycles. The molecular formula is C12H18F3N3O2S. The number of anilines is 2. The molecule has 1 heterocycles. The Morgan fingerprint density at radius 1 is 1.33 bits per heavy atom. The molecule has 0 aromatic carbocycles. The van der Waals surface area contributed by atoms with E-state index in [1.807, 2.05) is 0 Å². The topological polar surface area (TPSA) is 58.8 Å². The summed E-state index contributed by atoms with van der Waals surface area (Å²) in [6.07, 6.45) is -5.20. The molecule has 2 N–H and O–H groups in total. The summed E-state index contributed by atoms with van der Waals surface area (Å²) >= 11 is 1.02. The summed E-state index contributed by atoms with van der Waals surface area (Å²) in [5.74, 6) is -0.0823. The zero-order chi connectivity index (χ0) is 16.4. The summed E-state index contributed by atoms with van der Waals surface area (Å²) in [4.78, 5) is 15.0. The minimum Gasteiger partial charge on any atom is -0.492 e. The molecule has 1 amide bonds. The van der Waals surface area contributed by atoms with E-state index in [0.717, 1.165) is 11.3 Å². The van der Waals surface area contributed by atoms with Crippen LogP contribution in [0.4, 0.5) is 23.9 Å². The molecule has 0 spiro atoms. The van der Waals surface area contributed by atoms with Gasteiger partial charge in [-0.1, -0.05) is 0 Å². The van der Waals surface area contributed by atoms with E-state index in [2.05, 4.69) is 0 Å². The van der Waals surface area contributed by atoms with Crippen molar-refractivity contribution in [3.63, 3.8) is 0 Å². The van der Waals surface area contributed by atoms with Crippen molar-refractivity contribution in [1.29, 1.82) is 0 Å². The highest BCUT2D eigenvalue weighted by molar-refractivity contribution is 7.19. The van der Waals surface area contributed by atoms with Crippen LogP contribution in [0.3, 0.4) is 0 Å². The van der Waals surface area contributed by atoms with Crippen molar-refractivity contribution in [2.75, 3.05) is 45.4 Å². The van der Waals surface area contributed by atoms with E-state index < -0.39 is 12.6 Å². The molecule has 1 rings (SSSR count). The number of ether oxygens (including phenoxy) is 1. The number of carbonyl (C=O) groups excluding carboxylic acids is 1. The van der Waals surface area contributed by atoms with Crippen LogP contribution in [0.15, 0.2) is 0 Å². The van der Waals surface area contributed by atoms with Crippen LogP contribution >= 0.6 is 11.3 Å². The third-order valence-electron chi connectivity index (χ3n) is 2.76. The van der Waals surface area contributed by atoms with Gasteiger partial charge in [0.15, 0.2) is 5.75 Å². The van der Waals surface area contributed by atoms with E-state index >= 15 is 0 Å². The van der Waals surface area contributed by atoms with E-state index in [1.165, 1.54) is 24.0 Å². The number of nitrogens with zero attached hydrogens (tertiary/aromatic N) is 2. The molecular weight excluding hydrogens is 307 g/mol. The molecule has 1 aromatic heterocycles. The maximum atomic E-state index is 12.3. The molecule has 120 valence electrons. The van der Waals surface area contributed by atoms with Gasteiger partial charge in [0.05, 0.1) is 13.5 Å². The van der Waals surface area contributed by atoms with Gasteiger partial charge in [-0.05, 0) is 0 Å². The summed E-state index contributed by atoms with van der Waals surface area (Å²) in [6.45, 7) is -0.241. The molecule has 0 saturated carbocycles. The lowest BCUT2D eigenvalue weighted by Gasteiger charge is -2.19. The Morgan fingerprint density at radius 2 is 1.90 bits per heavy atom. The van der Waals surface area contributed by atoms with Crippen molar-refractivity contribution >= 4 is 27.9 Å². The summed E-state index contributed by atoms with van der Waals surface area (Å²) in [7, 11) is 6.01. The van der Waals surface area contributed by atoms with Crippen LogP contribution < -0.4 is 15.4 Å². The van der Waals surface area contributed by atoms with E-state index in [-0.39, 0.29) is 28.8 Å².